The summed E-state index contributed by atoms with van der Waals surface area (Å²) < 4.78 is 11.8. The number of likely N-dealkylation sites (N-methyl/N-ethyl adjacent to an activating group) is 1. The number of nitrogens with one attached hydrogen (secondary N) is 1. The maximum atomic E-state index is 13.8. The topological polar surface area (TPSA) is 108 Å². The lowest BCUT2D eigenvalue weighted by Crippen LogP contribution is -2.53. The number of nitrogens with zero attached hydrogens (tertiary/aromatic N) is 2. The van der Waals surface area contributed by atoms with E-state index in [4.69, 9.17) is 9.47 Å². The van der Waals surface area contributed by atoms with Crippen LogP contribution in [0.4, 0.5) is 0 Å². The number of carbonyl (C=O) groups is 3. The van der Waals surface area contributed by atoms with E-state index in [0.29, 0.717) is 13.0 Å². The van der Waals surface area contributed by atoms with Crippen molar-refractivity contribution in [2.24, 2.45) is 17.8 Å². The molecule has 238 valence electrons. The molecule has 0 radical (unpaired) electrons. The molecule has 0 aliphatic carbocycles. The number of aliphatic hydroxyl groups excluding tert-OH is 1. The monoisotopic (exact) mass is 589 g/mol. The van der Waals surface area contributed by atoms with Gasteiger partial charge in [-0.3, -0.25) is 14.4 Å². The molecular weight excluding hydrogens is 534 g/mol. The van der Waals surface area contributed by atoms with Gasteiger partial charge in [-0.15, -0.1) is 0 Å². The average Bonchev–Trinajstić information content (AvgIpc) is 3.46. The Hall–Kier alpha value is -2.49. The third-order valence-corrected chi connectivity index (χ3v) is 8.87. The number of ether oxygens (including phenoxy) is 2. The van der Waals surface area contributed by atoms with Gasteiger partial charge >= 0.3 is 0 Å². The molecule has 1 unspecified atom stereocenters. The second kappa shape index (κ2) is 17.0. The first-order valence-corrected chi connectivity index (χ1v) is 15.5. The number of carbonyl (C=O) groups excluding carboxylic acids is 3. The summed E-state index contributed by atoms with van der Waals surface area (Å²) in [6.07, 6.45) is 1.15. The van der Waals surface area contributed by atoms with Crippen LogP contribution >= 0.6 is 0 Å². The molecule has 0 saturated carbocycles. The van der Waals surface area contributed by atoms with Gasteiger partial charge < -0.3 is 29.7 Å². The van der Waals surface area contributed by atoms with Crippen molar-refractivity contribution in [1.29, 1.82) is 0 Å². The number of hydrogen-bond donors (Lipinski definition) is 2. The number of benzene rings is 1. The number of hydrogen-bond acceptors (Lipinski definition) is 6. The minimum atomic E-state index is -0.845. The number of methoxy groups -OCH3 is 2. The van der Waals surface area contributed by atoms with Gasteiger partial charge in [-0.1, -0.05) is 71.4 Å². The summed E-state index contributed by atoms with van der Waals surface area (Å²) >= 11 is 0. The van der Waals surface area contributed by atoms with Crippen molar-refractivity contribution in [3.05, 3.63) is 35.9 Å². The fraction of sp³-hybridized carbons (Fsp3) is 0.727. The van der Waals surface area contributed by atoms with Gasteiger partial charge in [0, 0.05) is 34.2 Å². The molecule has 1 aliphatic rings. The van der Waals surface area contributed by atoms with Crippen LogP contribution in [0.1, 0.15) is 85.3 Å². The number of amides is 3. The Morgan fingerprint density at radius 1 is 1.05 bits per heavy atom. The summed E-state index contributed by atoms with van der Waals surface area (Å²) in [6.45, 7) is 12.4. The lowest BCUT2D eigenvalue weighted by atomic mass is 9.90. The van der Waals surface area contributed by atoms with E-state index < -0.39 is 30.3 Å². The third-order valence-electron chi connectivity index (χ3n) is 8.87. The molecule has 1 aromatic carbocycles. The van der Waals surface area contributed by atoms with Gasteiger partial charge in [0.15, 0.2) is 0 Å². The standard InChI is InChI=1S/C33H55N3O6/c1-10-22(4)30(35(7)28(37)19-21(2)3)27(41-8)20-29(38)36-18-14-17-26(36)32(42-9)23(5)33(40)34-24(6)31(39)25-15-12-11-13-16-25/h11-13,15-16,21-24,26-27,30-32,39H,10,14,17-20H2,1-9H3,(H,34,40)/t22?,23-,24-,26+,27-,30+,31-,32-/m1/s1. The van der Waals surface area contributed by atoms with Gasteiger partial charge in [0.25, 0.3) is 0 Å². The molecule has 1 saturated heterocycles. The summed E-state index contributed by atoms with van der Waals surface area (Å²) in [5, 5.41) is 13.7. The Morgan fingerprint density at radius 2 is 1.69 bits per heavy atom. The van der Waals surface area contributed by atoms with Crippen molar-refractivity contribution in [1.82, 2.24) is 15.1 Å². The number of aliphatic hydroxyl groups is 1. The number of rotatable bonds is 16. The van der Waals surface area contributed by atoms with Gasteiger partial charge in [-0.2, -0.15) is 0 Å². The number of likely N-dealkylation sites (tertiary alicyclic amines) is 1. The van der Waals surface area contributed by atoms with E-state index in [-0.39, 0.29) is 48.1 Å². The molecule has 9 heteroatoms. The van der Waals surface area contributed by atoms with Crippen molar-refractivity contribution >= 4 is 17.7 Å². The molecule has 2 N–H and O–H groups in total. The smallest absolute Gasteiger partial charge is 0.225 e. The van der Waals surface area contributed by atoms with E-state index in [1.807, 2.05) is 56.1 Å². The molecule has 1 aromatic rings. The molecule has 0 bridgehead atoms. The Balaban J connectivity index is 2.15. The lowest BCUT2D eigenvalue weighted by Gasteiger charge is -2.39. The minimum Gasteiger partial charge on any atom is -0.386 e. The van der Waals surface area contributed by atoms with Crippen LogP contribution in [-0.4, -0.2) is 90.8 Å². The summed E-state index contributed by atoms with van der Waals surface area (Å²) in [7, 11) is 4.99. The van der Waals surface area contributed by atoms with Crippen LogP contribution in [0.2, 0.25) is 0 Å². The Kier molecular flexibility index (Phi) is 14.4. The van der Waals surface area contributed by atoms with Crippen molar-refractivity contribution in [2.75, 3.05) is 27.8 Å². The van der Waals surface area contributed by atoms with Gasteiger partial charge in [0.2, 0.25) is 17.7 Å². The van der Waals surface area contributed by atoms with Crippen molar-refractivity contribution in [3.63, 3.8) is 0 Å². The second-order valence-electron chi connectivity index (χ2n) is 12.4. The predicted octanol–water partition coefficient (Wildman–Crippen LogP) is 4.19. The largest absolute Gasteiger partial charge is 0.386 e. The molecule has 0 spiro atoms. The average molecular weight is 590 g/mol. The van der Waals surface area contributed by atoms with Crippen molar-refractivity contribution in [2.45, 2.75) is 110 Å². The molecule has 0 aromatic heterocycles. The molecule has 2 rings (SSSR count). The molecule has 1 heterocycles. The van der Waals surface area contributed by atoms with Gasteiger partial charge in [0.1, 0.15) is 0 Å². The van der Waals surface area contributed by atoms with E-state index in [2.05, 4.69) is 19.2 Å². The zero-order valence-electron chi connectivity index (χ0n) is 27.2. The van der Waals surface area contributed by atoms with Gasteiger partial charge in [0.05, 0.1) is 48.8 Å². The van der Waals surface area contributed by atoms with Gasteiger partial charge in [-0.05, 0) is 37.2 Å². The highest BCUT2D eigenvalue weighted by Gasteiger charge is 2.42. The fourth-order valence-corrected chi connectivity index (χ4v) is 6.19. The highest BCUT2D eigenvalue weighted by molar-refractivity contribution is 5.81. The maximum Gasteiger partial charge on any atom is 0.225 e. The van der Waals surface area contributed by atoms with Crippen LogP contribution in [-0.2, 0) is 23.9 Å². The van der Waals surface area contributed by atoms with Crippen LogP contribution in [0.15, 0.2) is 30.3 Å². The van der Waals surface area contributed by atoms with E-state index in [1.54, 1.807) is 33.0 Å². The van der Waals surface area contributed by atoms with Crippen LogP contribution < -0.4 is 5.32 Å². The Labute approximate surface area is 253 Å². The third kappa shape index (κ3) is 9.25. The van der Waals surface area contributed by atoms with E-state index in [1.165, 1.54) is 0 Å². The molecule has 1 fully saturated rings. The zero-order chi connectivity index (χ0) is 31.6. The van der Waals surface area contributed by atoms with E-state index in [0.717, 1.165) is 24.8 Å². The first-order chi connectivity index (χ1) is 19.9. The summed E-state index contributed by atoms with van der Waals surface area (Å²) in [5.74, 6) is -0.424. The zero-order valence-corrected chi connectivity index (χ0v) is 27.2. The predicted molar refractivity (Wildman–Crippen MR) is 165 cm³/mol. The van der Waals surface area contributed by atoms with Crippen molar-refractivity contribution < 1.29 is 29.0 Å². The molecule has 9 nitrogen and oxygen atoms in total. The summed E-state index contributed by atoms with van der Waals surface area (Å²) in [6, 6.07) is 8.22. The molecule has 3 amide bonds. The van der Waals surface area contributed by atoms with Crippen molar-refractivity contribution in [3.8, 4) is 0 Å². The molecule has 8 atom stereocenters. The first-order valence-electron chi connectivity index (χ1n) is 15.5. The Morgan fingerprint density at radius 3 is 2.24 bits per heavy atom. The van der Waals surface area contributed by atoms with E-state index >= 15 is 0 Å². The fourth-order valence-electron chi connectivity index (χ4n) is 6.19. The van der Waals surface area contributed by atoms with Crippen LogP contribution in [0.3, 0.4) is 0 Å². The quantitative estimate of drug-likeness (QED) is 0.299. The highest BCUT2D eigenvalue weighted by Crippen LogP contribution is 2.30. The molecular formula is C33H55N3O6. The SMILES string of the molecule is CCC(C)[C@@H]([C@@H](CC(=O)N1CCC[C@H]1[C@H](OC)[C@@H](C)C(=O)N[C@H](C)[C@@H](O)c1ccccc1)OC)N(C)C(=O)CC(C)C. The van der Waals surface area contributed by atoms with Crippen LogP contribution in [0.5, 0.6) is 0 Å². The summed E-state index contributed by atoms with van der Waals surface area (Å²) in [5.41, 5.74) is 0.730. The first kappa shape index (κ1) is 35.7. The Bertz CT molecular complexity index is 989. The second-order valence-corrected chi connectivity index (χ2v) is 12.4. The van der Waals surface area contributed by atoms with Crippen LogP contribution in [0.25, 0.3) is 0 Å². The van der Waals surface area contributed by atoms with Gasteiger partial charge in [-0.25, -0.2) is 0 Å². The van der Waals surface area contributed by atoms with E-state index in [9.17, 15) is 19.5 Å². The highest BCUT2D eigenvalue weighted by atomic mass is 16.5. The maximum absolute atomic E-state index is 13.8. The van der Waals surface area contributed by atoms with Crippen LogP contribution in [0, 0.1) is 17.8 Å². The summed E-state index contributed by atoms with van der Waals surface area (Å²) in [4.78, 5) is 43.7. The normalized spacial score (nSPS) is 20.4. The minimum absolute atomic E-state index is 0.0507. The molecule has 42 heavy (non-hydrogen) atoms. The molecule has 1 aliphatic heterocycles. The lowest BCUT2D eigenvalue weighted by molar-refractivity contribution is -0.146.